The molecule has 0 unspecified atom stereocenters. The molecule has 1 aromatic carbocycles. The Morgan fingerprint density at radius 2 is 1.47 bits per heavy atom. The zero-order valence-corrected chi connectivity index (χ0v) is 18.5. The van der Waals surface area contributed by atoms with Crippen molar-refractivity contribution in [1.82, 2.24) is 14.9 Å². The predicted molar refractivity (Wildman–Crippen MR) is 116 cm³/mol. The van der Waals surface area contributed by atoms with E-state index in [1.54, 1.807) is 7.05 Å². The van der Waals surface area contributed by atoms with Gasteiger partial charge in [-0.1, -0.05) is 32.1 Å². The average molecular weight is 436 g/mol. The second-order valence-electron chi connectivity index (χ2n) is 8.37. The molecule has 3 rings (SSSR count). The molecule has 2 aliphatic carbocycles. The summed E-state index contributed by atoms with van der Waals surface area (Å²) in [6.07, 6.45) is 9.19. The number of hydrogen-bond acceptors (Lipinski definition) is 4. The van der Waals surface area contributed by atoms with Crippen LogP contribution in [0.25, 0.3) is 0 Å². The monoisotopic (exact) mass is 435 g/mol. The molecule has 30 heavy (non-hydrogen) atoms. The van der Waals surface area contributed by atoms with Crippen LogP contribution < -0.4 is 10.6 Å². The fourth-order valence-electron chi connectivity index (χ4n) is 4.38. The van der Waals surface area contributed by atoms with Crippen LogP contribution in [0.2, 0.25) is 0 Å². The van der Waals surface area contributed by atoms with Crippen LogP contribution in [-0.2, 0) is 14.8 Å². The van der Waals surface area contributed by atoms with Crippen LogP contribution in [-0.4, -0.2) is 50.7 Å². The van der Waals surface area contributed by atoms with E-state index >= 15 is 0 Å². The number of nitrogens with one attached hydrogen (secondary N) is 2. The summed E-state index contributed by atoms with van der Waals surface area (Å²) in [6.45, 7) is 0.724. The third-order valence-electron chi connectivity index (χ3n) is 6.32. The standard InChI is InChI=1S/C22H33N3O4S/c1-25(19-9-3-2-4-10-19)30(28,29)20-13-11-18(12-14-20)22(27)24-16-15-23-21(26)17-7-5-6-8-17/h11-14,17,19H,2-10,15-16H2,1H3,(H,23,26)(H,24,27). The molecule has 0 spiro atoms. The van der Waals surface area contributed by atoms with E-state index in [2.05, 4.69) is 10.6 Å². The van der Waals surface area contributed by atoms with Crippen LogP contribution in [0.5, 0.6) is 0 Å². The quantitative estimate of drug-likeness (QED) is 0.614. The van der Waals surface area contributed by atoms with Gasteiger partial charge < -0.3 is 10.6 Å². The van der Waals surface area contributed by atoms with E-state index in [1.165, 1.54) is 35.0 Å². The van der Waals surface area contributed by atoms with Gasteiger partial charge in [0.25, 0.3) is 5.91 Å². The molecular weight excluding hydrogens is 402 g/mol. The van der Waals surface area contributed by atoms with Gasteiger partial charge in [0, 0.05) is 37.7 Å². The van der Waals surface area contributed by atoms with Crippen molar-refractivity contribution in [3.63, 3.8) is 0 Å². The highest BCUT2D eigenvalue weighted by Gasteiger charge is 2.29. The van der Waals surface area contributed by atoms with Crippen molar-refractivity contribution in [2.75, 3.05) is 20.1 Å². The van der Waals surface area contributed by atoms with E-state index < -0.39 is 10.0 Å². The largest absolute Gasteiger partial charge is 0.354 e. The highest BCUT2D eigenvalue weighted by molar-refractivity contribution is 7.89. The van der Waals surface area contributed by atoms with Crippen molar-refractivity contribution in [2.45, 2.75) is 68.7 Å². The van der Waals surface area contributed by atoms with Crippen molar-refractivity contribution < 1.29 is 18.0 Å². The molecule has 2 aliphatic rings. The predicted octanol–water partition coefficient (Wildman–Crippen LogP) is 2.68. The average Bonchev–Trinajstić information content (AvgIpc) is 3.31. The Bertz CT molecular complexity index is 826. The molecule has 2 fully saturated rings. The highest BCUT2D eigenvalue weighted by atomic mass is 32.2. The van der Waals surface area contributed by atoms with Gasteiger partial charge in [0.1, 0.15) is 0 Å². The maximum atomic E-state index is 12.9. The zero-order valence-electron chi connectivity index (χ0n) is 17.7. The summed E-state index contributed by atoms with van der Waals surface area (Å²) < 4.78 is 27.2. The molecule has 0 aliphatic heterocycles. The number of nitrogens with zero attached hydrogens (tertiary/aromatic N) is 1. The molecule has 0 saturated heterocycles. The molecule has 0 radical (unpaired) electrons. The molecule has 0 heterocycles. The first-order valence-corrected chi connectivity index (χ1v) is 12.5. The Kier molecular flexibility index (Phi) is 7.88. The normalized spacial score (nSPS) is 18.5. The lowest BCUT2D eigenvalue weighted by Crippen LogP contribution is -2.38. The molecular formula is C22H33N3O4S. The van der Waals surface area contributed by atoms with Crippen LogP contribution in [0.4, 0.5) is 0 Å². The lowest BCUT2D eigenvalue weighted by atomic mass is 9.96. The number of amides is 2. The summed E-state index contributed by atoms with van der Waals surface area (Å²) in [5.74, 6) is -0.102. The van der Waals surface area contributed by atoms with E-state index in [0.29, 0.717) is 18.7 Å². The number of benzene rings is 1. The van der Waals surface area contributed by atoms with Crippen LogP contribution in [0.1, 0.15) is 68.1 Å². The Balaban J connectivity index is 1.49. The molecule has 2 saturated carbocycles. The third-order valence-corrected chi connectivity index (χ3v) is 8.24. The maximum Gasteiger partial charge on any atom is 0.251 e. The molecule has 2 amide bonds. The third kappa shape index (κ3) is 5.60. The zero-order chi connectivity index (χ0) is 21.6. The first kappa shape index (κ1) is 22.7. The van der Waals surface area contributed by atoms with E-state index in [0.717, 1.165) is 51.4 Å². The van der Waals surface area contributed by atoms with Gasteiger partial charge in [-0.25, -0.2) is 8.42 Å². The second-order valence-corrected chi connectivity index (χ2v) is 10.4. The van der Waals surface area contributed by atoms with Crippen molar-refractivity contribution in [3.8, 4) is 0 Å². The summed E-state index contributed by atoms with van der Waals surface area (Å²) in [6, 6.07) is 6.10. The molecule has 0 aromatic heterocycles. The fraction of sp³-hybridized carbons (Fsp3) is 0.636. The summed E-state index contributed by atoms with van der Waals surface area (Å²) in [5, 5.41) is 5.63. The molecule has 0 bridgehead atoms. The maximum absolute atomic E-state index is 12.9. The smallest absolute Gasteiger partial charge is 0.251 e. The van der Waals surface area contributed by atoms with E-state index in [9.17, 15) is 18.0 Å². The molecule has 2 N–H and O–H groups in total. The van der Waals surface area contributed by atoms with Crippen LogP contribution in [0.15, 0.2) is 29.2 Å². The van der Waals surface area contributed by atoms with Gasteiger partial charge in [-0.3, -0.25) is 9.59 Å². The van der Waals surface area contributed by atoms with Gasteiger partial charge in [-0.15, -0.1) is 0 Å². The minimum atomic E-state index is -3.57. The van der Waals surface area contributed by atoms with E-state index in [-0.39, 0.29) is 28.7 Å². The molecule has 166 valence electrons. The summed E-state index contributed by atoms with van der Waals surface area (Å²) >= 11 is 0. The van der Waals surface area contributed by atoms with Gasteiger partial charge in [0.05, 0.1) is 4.90 Å². The van der Waals surface area contributed by atoms with Crippen LogP contribution in [0, 0.1) is 5.92 Å². The molecule has 8 heteroatoms. The first-order valence-electron chi connectivity index (χ1n) is 11.0. The van der Waals surface area contributed by atoms with Crippen LogP contribution >= 0.6 is 0 Å². The summed E-state index contributed by atoms with van der Waals surface area (Å²) in [5.41, 5.74) is 0.399. The minimum Gasteiger partial charge on any atom is -0.354 e. The SMILES string of the molecule is CN(C1CCCCC1)S(=O)(=O)c1ccc(C(=O)NCCNC(=O)C2CCCC2)cc1. The van der Waals surface area contributed by atoms with E-state index in [4.69, 9.17) is 0 Å². The fourth-order valence-corrected chi connectivity index (χ4v) is 5.80. The number of sulfonamides is 1. The van der Waals surface area contributed by atoms with E-state index in [1.807, 2.05) is 0 Å². The van der Waals surface area contributed by atoms with Gasteiger partial charge in [-0.2, -0.15) is 4.31 Å². The number of carbonyl (C=O) groups is 2. The highest BCUT2D eigenvalue weighted by Crippen LogP contribution is 2.26. The summed E-state index contributed by atoms with van der Waals surface area (Å²) in [7, 11) is -1.92. The van der Waals surface area contributed by atoms with Crippen molar-refractivity contribution in [1.29, 1.82) is 0 Å². The Morgan fingerprint density at radius 1 is 0.900 bits per heavy atom. The molecule has 7 nitrogen and oxygen atoms in total. The van der Waals surface area contributed by atoms with Gasteiger partial charge in [0.15, 0.2) is 0 Å². The van der Waals surface area contributed by atoms with Crippen LogP contribution in [0.3, 0.4) is 0 Å². The number of rotatable bonds is 8. The van der Waals surface area contributed by atoms with Crippen molar-refractivity contribution >= 4 is 21.8 Å². The minimum absolute atomic E-state index is 0.0474. The van der Waals surface area contributed by atoms with Gasteiger partial charge in [-0.05, 0) is 49.9 Å². The van der Waals surface area contributed by atoms with Crippen molar-refractivity contribution in [3.05, 3.63) is 29.8 Å². The Labute approximate surface area is 179 Å². The number of carbonyl (C=O) groups excluding carboxylic acids is 2. The number of hydrogen-bond donors (Lipinski definition) is 2. The molecule has 1 aromatic rings. The molecule has 0 atom stereocenters. The lowest BCUT2D eigenvalue weighted by molar-refractivity contribution is -0.124. The Hall–Kier alpha value is -1.93. The van der Waals surface area contributed by atoms with Gasteiger partial charge >= 0.3 is 0 Å². The lowest BCUT2D eigenvalue weighted by Gasteiger charge is -2.30. The summed E-state index contributed by atoms with van der Waals surface area (Å²) in [4.78, 5) is 24.5. The topological polar surface area (TPSA) is 95.6 Å². The second kappa shape index (κ2) is 10.4. The van der Waals surface area contributed by atoms with Crippen molar-refractivity contribution in [2.24, 2.45) is 5.92 Å². The first-order chi connectivity index (χ1) is 14.4. The van der Waals surface area contributed by atoms with Gasteiger partial charge in [0.2, 0.25) is 15.9 Å². The Morgan fingerprint density at radius 3 is 2.10 bits per heavy atom.